The number of nitrogens with zero attached hydrogens (tertiary/aromatic N) is 3. The number of anilines is 1. The number of imidazole rings is 1. The lowest BCUT2D eigenvalue weighted by atomic mass is 9.90. The molecule has 0 aliphatic heterocycles. The van der Waals surface area contributed by atoms with E-state index in [4.69, 9.17) is 27.1 Å². The summed E-state index contributed by atoms with van der Waals surface area (Å²) in [6, 6.07) is 13.7. The van der Waals surface area contributed by atoms with E-state index >= 15 is 0 Å². The lowest BCUT2D eigenvalue weighted by Gasteiger charge is -2.18. The van der Waals surface area contributed by atoms with Gasteiger partial charge in [-0.15, -0.1) is 0 Å². The molecule has 0 amide bonds. The minimum absolute atomic E-state index is 0.161. The summed E-state index contributed by atoms with van der Waals surface area (Å²) < 4.78 is 7.52. The summed E-state index contributed by atoms with van der Waals surface area (Å²) in [6.07, 6.45) is 9.08. The van der Waals surface area contributed by atoms with Crippen molar-refractivity contribution in [3.05, 3.63) is 95.9 Å². The van der Waals surface area contributed by atoms with Gasteiger partial charge in [-0.05, 0) is 61.9 Å². The third-order valence-electron chi connectivity index (χ3n) is 5.60. The Bertz CT molecular complexity index is 1190. The number of methoxy groups -OCH3 is 1. The summed E-state index contributed by atoms with van der Waals surface area (Å²) in [5.41, 5.74) is 10.3. The molecule has 3 aromatic rings. The molecule has 164 valence electrons. The molecule has 2 aromatic carbocycles. The molecule has 32 heavy (non-hydrogen) atoms. The van der Waals surface area contributed by atoms with Crippen LogP contribution >= 0.6 is 11.6 Å². The average molecular weight is 448 g/mol. The van der Waals surface area contributed by atoms with Crippen molar-refractivity contribution >= 4 is 23.0 Å². The number of allylic oxidation sites excluding steroid dienone is 1. The van der Waals surface area contributed by atoms with Crippen LogP contribution in [0.15, 0.2) is 84.7 Å². The van der Waals surface area contributed by atoms with Crippen LogP contribution in [0.2, 0.25) is 5.02 Å². The number of aryl methyl sites for hydroxylation is 1. The van der Waals surface area contributed by atoms with Crippen molar-refractivity contribution in [3.8, 4) is 11.4 Å². The van der Waals surface area contributed by atoms with E-state index in [2.05, 4.69) is 16.9 Å². The fourth-order valence-corrected chi connectivity index (χ4v) is 3.97. The summed E-state index contributed by atoms with van der Waals surface area (Å²) >= 11 is 6.07. The van der Waals surface area contributed by atoms with Gasteiger partial charge in [0, 0.05) is 28.4 Å². The molecule has 0 atom stereocenters. The quantitative estimate of drug-likeness (QED) is 0.455. The first-order valence-corrected chi connectivity index (χ1v) is 10.7. The van der Waals surface area contributed by atoms with E-state index in [1.807, 2.05) is 66.2 Å². The molecule has 6 nitrogen and oxygen atoms in total. The lowest BCUT2D eigenvalue weighted by molar-refractivity contribution is 0.413. The Labute approximate surface area is 193 Å². The Morgan fingerprint density at radius 2 is 2.03 bits per heavy atom. The summed E-state index contributed by atoms with van der Waals surface area (Å²) in [7, 11) is 1.65. The molecule has 1 fully saturated rings. The molecule has 0 spiro atoms. The Balaban J connectivity index is 1.58. The summed E-state index contributed by atoms with van der Waals surface area (Å²) in [4.78, 5) is 9.07. The van der Waals surface area contributed by atoms with Crippen LogP contribution in [0.3, 0.4) is 0 Å². The number of benzene rings is 2. The smallest absolute Gasteiger partial charge is 0.144 e. The van der Waals surface area contributed by atoms with Crippen molar-refractivity contribution in [1.82, 2.24) is 9.55 Å². The second-order valence-corrected chi connectivity index (χ2v) is 8.26. The van der Waals surface area contributed by atoms with Crippen LogP contribution in [0.25, 0.3) is 5.69 Å². The largest absolute Gasteiger partial charge is 0.494 e. The Morgan fingerprint density at radius 3 is 2.62 bits per heavy atom. The molecule has 4 rings (SSSR count). The zero-order chi connectivity index (χ0) is 22.7. The molecule has 1 heterocycles. The summed E-state index contributed by atoms with van der Waals surface area (Å²) in [6.45, 7) is 6.06. The zero-order valence-corrected chi connectivity index (χ0v) is 18.9. The SMILES string of the molecule is C=C(/N=C(\C=C/N)C1(c2ccc(Cl)cc2)CC1)Nc1ccc(-n2cnc(C)c2)c(OC)c1. The number of hydrogen-bond acceptors (Lipinski definition) is 5. The van der Waals surface area contributed by atoms with Crippen LogP contribution in [-0.2, 0) is 5.41 Å². The molecule has 0 saturated heterocycles. The van der Waals surface area contributed by atoms with Crippen molar-refractivity contribution in [2.24, 2.45) is 10.7 Å². The van der Waals surface area contributed by atoms with Gasteiger partial charge in [0.05, 0.1) is 30.5 Å². The Kier molecular flexibility index (Phi) is 6.06. The van der Waals surface area contributed by atoms with Gasteiger partial charge in [-0.2, -0.15) is 0 Å². The van der Waals surface area contributed by atoms with Crippen molar-refractivity contribution in [3.63, 3.8) is 0 Å². The van der Waals surface area contributed by atoms with Gasteiger partial charge < -0.3 is 20.4 Å². The molecule has 3 N–H and O–H groups in total. The molecule has 1 saturated carbocycles. The van der Waals surface area contributed by atoms with Gasteiger partial charge in [0.15, 0.2) is 0 Å². The summed E-state index contributed by atoms with van der Waals surface area (Å²) in [5.74, 6) is 1.23. The van der Waals surface area contributed by atoms with Gasteiger partial charge in [-0.3, -0.25) is 0 Å². The van der Waals surface area contributed by atoms with Crippen LogP contribution in [0.4, 0.5) is 5.69 Å². The van der Waals surface area contributed by atoms with Crippen LogP contribution in [0.5, 0.6) is 5.75 Å². The van der Waals surface area contributed by atoms with Crippen molar-refractivity contribution in [2.75, 3.05) is 12.4 Å². The maximum absolute atomic E-state index is 6.07. The Morgan fingerprint density at radius 1 is 1.28 bits per heavy atom. The monoisotopic (exact) mass is 447 g/mol. The van der Waals surface area contributed by atoms with Crippen LogP contribution in [-0.4, -0.2) is 22.4 Å². The highest BCUT2D eigenvalue weighted by atomic mass is 35.5. The first-order chi connectivity index (χ1) is 15.4. The van der Waals surface area contributed by atoms with E-state index in [9.17, 15) is 0 Å². The second-order valence-electron chi connectivity index (χ2n) is 7.83. The minimum Gasteiger partial charge on any atom is -0.494 e. The Hall–Kier alpha value is -3.51. The fourth-order valence-electron chi connectivity index (χ4n) is 3.84. The first kappa shape index (κ1) is 21.7. The number of rotatable bonds is 8. The standard InChI is InChI=1S/C25H26ClN5O/c1-17-15-31(16-28-17)22-9-8-21(14-23(22)32-3)29-18(2)30-24(10-13-27)25(11-12-25)19-4-6-20(26)7-5-19/h4-10,13-16,29H,2,11-12,27H2,1,3H3/b13-10-,30-24+. The van der Waals surface area contributed by atoms with E-state index in [1.165, 1.54) is 11.8 Å². The zero-order valence-electron chi connectivity index (χ0n) is 18.2. The maximum atomic E-state index is 6.07. The van der Waals surface area contributed by atoms with Gasteiger partial charge in [0.1, 0.15) is 11.6 Å². The normalized spacial score (nSPS) is 15.0. The molecule has 7 heteroatoms. The number of aromatic nitrogens is 2. The molecule has 0 radical (unpaired) electrons. The van der Waals surface area contributed by atoms with Crippen molar-refractivity contribution < 1.29 is 4.74 Å². The van der Waals surface area contributed by atoms with Gasteiger partial charge >= 0.3 is 0 Å². The highest BCUT2D eigenvalue weighted by Gasteiger charge is 2.48. The predicted octanol–water partition coefficient (Wildman–Crippen LogP) is 5.37. The second kappa shape index (κ2) is 8.93. The third-order valence-corrected chi connectivity index (χ3v) is 5.86. The molecule has 1 aromatic heterocycles. The van der Waals surface area contributed by atoms with Crippen LogP contribution in [0.1, 0.15) is 24.1 Å². The number of aliphatic imine (C=N–C) groups is 1. The first-order valence-electron chi connectivity index (χ1n) is 10.3. The van der Waals surface area contributed by atoms with Gasteiger partial charge in [-0.25, -0.2) is 9.98 Å². The minimum atomic E-state index is -0.161. The number of hydrogen-bond donors (Lipinski definition) is 2. The number of nitrogens with one attached hydrogen (secondary N) is 1. The van der Waals surface area contributed by atoms with Gasteiger partial charge in [-0.1, -0.05) is 30.3 Å². The van der Waals surface area contributed by atoms with E-state index < -0.39 is 0 Å². The molecule has 1 aliphatic rings. The predicted molar refractivity (Wildman–Crippen MR) is 131 cm³/mol. The van der Waals surface area contributed by atoms with Crippen molar-refractivity contribution in [2.45, 2.75) is 25.2 Å². The average Bonchev–Trinajstić information content (AvgIpc) is 3.48. The number of nitrogens with two attached hydrogens (primary N) is 1. The molecular formula is C25H26ClN5O. The van der Waals surface area contributed by atoms with Gasteiger partial charge in [0.25, 0.3) is 0 Å². The van der Waals surface area contributed by atoms with E-state index in [0.717, 1.165) is 35.6 Å². The number of halogens is 1. The highest BCUT2D eigenvalue weighted by Crippen LogP contribution is 2.50. The molecular weight excluding hydrogens is 422 g/mol. The maximum Gasteiger partial charge on any atom is 0.144 e. The number of ether oxygens (including phenoxy) is 1. The molecule has 0 unspecified atom stereocenters. The topological polar surface area (TPSA) is 77.5 Å². The summed E-state index contributed by atoms with van der Waals surface area (Å²) in [5, 5.41) is 3.98. The fraction of sp³-hybridized carbons (Fsp3) is 0.200. The molecule has 0 bridgehead atoms. The van der Waals surface area contributed by atoms with Crippen molar-refractivity contribution in [1.29, 1.82) is 0 Å². The van der Waals surface area contributed by atoms with E-state index in [-0.39, 0.29) is 5.41 Å². The lowest BCUT2D eigenvalue weighted by Crippen LogP contribution is -2.20. The highest BCUT2D eigenvalue weighted by molar-refractivity contribution is 6.30. The van der Waals surface area contributed by atoms with E-state index in [0.29, 0.717) is 16.6 Å². The van der Waals surface area contributed by atoms with E-state index in [1.54, 1.807) is 13.4 Å². The van der Waals surface area contributed by atoms with Crippen LogP contribution < -0.4 is 15.8 Å². The van der Waals surface area contributed by atoms with Gasteiger partial charge in [0.2, 0.25) is 0 Å². The third kappa shape index (κ3) is 4.41. The van der Waals surface area contributed by atoms with Crippen LogP contribution in [0, 0.1) is 6.92 Å². The molecule has 1 aliphatic carbocycles.